The van der Waals surface area contributed by atoms with Gasteiger partial charge in [-0.1, -0.05) is 55.5 Å². The first kappa shape index (κ1) is 28.5. The van der Waals surface area contributed by atoms with Crippen LogP contribution in [0, 0.1) is 12.8 Å². The van der Waals surface area contributed by atoms with Gasteiger partial charge in [0.15, 0.2) is 0 Å². The van der Waals surface area contributed by atoms with Crippen molar-refractivity contribution in [2.75, 3.05) is 0 Å². The molecule has 0 aliphatic heterocycles. The summed E-state index contributed by atoms with van der Waals surface area (Å²) in [5, 5.41) is 2.23. The van der Waals surface area contributed by atoms with Gasteiger partial charge in [-0.2, -0.15) is 13.2 Å². The molecule has 6 nitrogen and oxygen atoms in total. The average molecular weight is 418 g/mol. The van der Waals surface area contributed by atoms with Crippen LogP contribution >= 0.6 is 0 Å². The van der Waals surface area contributed by atoms with E-state index in [-0.39, 0.29) is 18.7 Å². The standard InChI is InChI=1S/C16H22N2O2.C2H3F3.2CH2O/c1-11-6-8-13(9-7-11)14(15(19)18-16(17)20)10-12-4-2-3-5-12;1-2(3,4)5;2*1-2/h6-9,12,14H,2-5,10H2,1H3,(H3,17,18,19,20);1H3;2*1H2. The second-order valence-electron chi connectivity index (χ2n) is 6.48. The van der Waals surface area contributed by atoms with Crippen LogP contribution in [0.5, 0.6) is 0 Å². The Hall–Kier alpha value is -2.71. The number of imide groups is 1. The van der Waals surface area contributed by atoms with Gasteiger partial charge in [-0.3, -0.25) is 10.1 Å². The third kappa shape index (κ3) is 15.0. The number of rotatable bonds is 4. The maximum Gasteiger partial charge on any atom is 0.386 e. The Balaban J connectivity index is 0. The van der Waals surface area contributed by atoms with Gasteiger partial charge in [0.25, 0.3) is 0 Å². The summed E-state index contributed by atoms with van der Waals surface area (Å²) in [6.07, 6.45) is 1.62. The molecule has 164 valence electrons. The van der Waals surface area contributed by atoms with Crippen molar-refractivity contribution < 1.29 is 32.3 Å². The first-order chi connectivity index (χ1) is 13.6. The van der Waals surface area contributed by atoms with Gasteiger partial charge in [0.05, 0.1) is 5.92 Å². The Bertz CT molecular complexity index is 593. The minimum atomic E-state index is -4.00. The molecule has 0 spiro atoms. The summed E-state index contributed by atoms with van der Waals surface area (Å²) in [6.45, 7) is 6.20. The Morgan fingerprint density at radius 2 is 1.52 bits per heavy atom. The number of amides is 3. The molecule has 0 saturated heterocycles. The molecule has 0 radical (unpaired) electrons. The molecule has 1 unspecified atom stereocenters. The highest BCUT2D eigenvalue weighted by Gasteiger charge is 2.27. The van der Waals surface area contributed by atoms with Gasteiger partial charge < -0.3 is 15.3 Å². The van der Waals surface area contributed by atoms with E-state index in [0.29, 0.717) is 5.92 Å². The first-order valence-electron chi connectivity index (χ1n) is 8.87. The molecule has 1 aliphatic rings. The molecule has 1 aliphatic carbocycles. The molecule has 0 heterocycles. The number of aryl methyl sites for hydroxylation is 1. The molecule has 3 N–H and O–H groups in total. The second-order valence-corrected chi connectivity index (χ2v) is 6.48. The smallest absolute Gasteiger partial charge is 0.351 e. The fourth-order valence-corrected chi connectivity index (χ4v) is 2.98. The lowest BCUT2D eigenvalue weighted by atomic mass is 9.87. The minimum absolute atomic E-state index is 0.188. The summed E-state index contributed by atoms with van der Waals surface area (Å²) in [5.74, 6) is -0.000572. The molecular weight excluding hydrogens is 389 g/mol. The lowest BCUT2D eigenvalue weighted by Gasteiger charge is -2.20. The normalized spacial score (nSPS) is 14.0. The molecule has 1 fully saturated rings. The van der Waals surface area contributed by atoms with E-state index in [1.807, 2.05) is 44.8 Å². The van der Waals surface area contributed by atoms with E-state index >= 15 is 0 Å². The van der Waals surface area contributed by atoms with Gasteiger partial charge in [-0.05, 0) is 24.8 Å². The Kier molecular flexibility index (Phi) is 15.0. The van der Waals surface area contributed by atoms with Crippen LogP contribution in [0.15, 0.2) is 24.3 Å². The number of halogens is 3. The molecule has 9 heteroatoms. The van der Waals surface area contributed by atoms with E-state index in [1.165, 1.54) is 25.7 Å². The summed E-state index contributed by atoms with van der Waals surface area (Å²) >= 11 is 0. The number of alkyl halides is 3. The monoisotopic (exact) mass is 418 g/mol. The summed E-state index contributed by atoms with van der Waals surface area (Å²) in [4.78, 5) is 39.1. The zero-order chi connectivity index (χ0) is 23.0. The van der Waals surface area contributed by atoms with E-state index in [1.54, 1.807) is 0 Å². The SMILES string of the molecule is C=O.C=O.CC(F)(F)F.Cc1ccc(C(CC2CCCC2)C(=O)NC(N)=O)cc1. The Morgan fingerprint density at radius 1 is 1.10 bits per heavy atom. The van der Waals surface area contributed by atoms with Crippen molar-refractivity contribution in [3.05, 3.63) is 35.4 Å². The van der Waals surface area contributed by atoms with Crippen molar-refractivity contribution in [3.63, 3.8) is 0 Å². The van der Waals surface area contributed by atoms with Gasteiger partial charge in [0.2, 0.25) is 5.91 Å². The maximum absolute atomic E-state index is 12.2. The molecule has 29 heavy (non-hydrogen) atoms. The number of carbonyl (C=O) groups is 4. The van der Waals surface area contributed by atoms with Crippen LogP contribution in [-0.2, 0) is 14.4 Å². The van der Waals surface area contributed by atoms with Crippen LogP contribution in [0.2, 0.25) is 0 Å². The summed E-state index contributed by atoms with van der Waals surface area (Å²) in [5.41, 5.74) is 7.19. The highest BCUT2D eigenvalue weighted by atomic mass is 19.4. The highest BCUT2D eigenvalue weighted by Crippen LogP contribution is 2.34. The number of carbonyl (C=O) groups excluding carboxylic acids is 4. The molecule has 3 amide bonds. The van der Waals surface area contributed by atoms with E-state index in [9.17, 15) is 22.8 Å². The third-order valence-electron chi connectivity index (χ3n) is 4.09. The topological polar surface area (TPSA) is 106 Å². The van der Waals surface area contributed by atoms with Crippen LogP contribution in [0.1, 0.15) is 56.1 Å². The summed E-state index contributed by atoms with van der Waals surface area (Å²) < 4.78 is 31.1. The van der Waals surface area contributed by atoms with Crippen LogP contribution in [0.25, 0.3) is 0 Å². The van der Waals surface area contributed by atoms with E-state index in [2.05, 4.69) is 5.32 Å². The number of urea groups is 1. The van der Waals surface area contributed by atoms with Crippen LogP contribution in [0.3, 0.4) is 0 Å². The Labute approximate surface area is 169 Å². The largest absolute Gasteiger partial charge is 0.386 e. The van der Waals surface area contributed by atoms with Crippen LogP contribution < -0.4 is 11.1 Å². The van der Waals surface area contributed by atoms with Gasteiger partial charge >= 0.3 is 12.2 Å². The fourth-order valence-electron chi connectivity index (χ4n) is 2.98. The number of primary amides is 1. The van der Waals surface area contributed by atoms with Gasteiger partial charge in [-0.15, -0.1) is 0 Å². The molecule has 0 aromatic heterocycles. The summed E-state index contributed by atoms with van der Waals surface area (Å²) in [7, 11) is 0. The van der Waals surface area contributed by atoms with Crippen LogP contribution in [-0.4, -0.2) is 31.7 Å². The zero-order valence-corrected chi connectivity index (χ0v) is 16.8. The van der Waals surface area contributed by atoms with E-state index < -0.39 is 12.2 Å². The average Bonchev–Trinajstić information content (AvgIpc) is 3.15. The lowest BCUT2D eigenvalue weighted by molar-refractivity contribution is -0.121. The molecule has 1 saturated carbocycles. The molecule has 1 aromatic rings. The molecule has 0 bridgehead atoms. The molecular formula is C20H29F3N2O4. The predicted molar refractivity (Wildman–Crippen MR) is 104 cm³/mol. The van der Waals surface area contributed by atoms with Gasteiger partial charge in [0.1, 0.15) is 13.6 Å². The number of benzene rings is 1. The van der Waals surface area contributed by atoms with Crippen molar-refractivity contribution in [1.82, 2.24) is 5.32 Å². The van der Waals surface area contributed by atoms with Crippen molar-refractivity contribution >= 4 is 25.5 Å². The third-order valence-corrected chi connectivity index (χ3v) is 4.09. The van der Waals surface area contributed by atoms with Crippen molar-refractivity contribution in [3.8, 4) is 0 Å². The first-order valence-corrected chi connectivity index (χ1v) is 8.87. The quantitative estimate of drug-likeness (QED) is 0.769. The predicted octanol–water partition coefficient (Wildman–Crippen LogP) is 4.05. The fraction of sp³-hybridized carbons (Fsp3) is 0.500. The van der Waals surface area contributed by atoms with Crippen molar-refractivity contribution in [2.24, 2.45) is 11.7 Å². The minimum Gasteiger partial charge on any atom is -0.351 e. The van der Waals surface area contributed by atoms with Crippen molar-refractivity contribution in [1.29, 1.82) is 0 Å². The highest BCUT2D eigenvalue weighted by molar-refractivity contribution is 5.97. The second kappa shape index (κ2) is 15.2. The van der Waals surface area contributed by atoms with Gasteiger partial charge in [-0.25, -0.2) is 4.79 Å². The number of nitrogens with one attached hydrogen (secondary N) is 1. The molecule has 2 rings (SSSR count). The summed E-state index contributed by atoms with van der Waals surface area (Å²) in [6, 6.07) is 7.15. The van der Waals surface area contributed by atoms with E-state index in [4.69, 9.17) is 15.3 Å². The zero-order valence-electron chi connectivity index (χ0n) is 16.8. The van der Waals surface area contributed by atoms with Crippen molar-refractivity contribution in [2.45, 2.75) is 58.0 Å². The number of nitrogens with two attached hydrogens (primary N) is 1. The van der Waals surface area contributed by atoms with E-state index in [0.717, 1.165) is 17.5 Å². The maximum atomic E-state index is 12.2. The molecule has 1 aromatic carbocycles. The van der Waals surface area contributed by atoms with Gasteiger partial charge in [0, 0.05) is 6.92 Å². The number of hydrogen-bond acceptors (Lipinski definition) is 4. The lowest BCUT2D eigenvalue weighted by Crippen LogP contribution is -2.38. The van der Waals surface area contributed by atoms with Crippen LogP contribution in [0.4, 0.5) is 18.0 Å². The number of hydrogen-bond donors (Lipinski definition) is 2. The molecule has 1 atom stereocenters. The Morgan fingerprint density at radius 3 is 1.90 bits per heavy atom.